The topological polar surface area (TPSA) is 98.7 Å². The maximum Gasteiger partial charge on any atom is 0.271 e. The first-order valence-corrected chi connectivity index (χ1v) is 8.89. The molecule has 8 heteroatoms. The predicted octanol–water partition coefficient (Wildman–Crippen LogP) is 2.33. The molecule has 1 N–H and O–H groups in total. The van der Waals surface area contributed by atoms with E-state index in [1.54, 1.807) is 23.3 Å². The fourth-order valence-electron chi connectivity index (χ4n) is 2.77. The summed E-state index contributed by atoms with van der Waals surface area (Å²) in [6.07, 6.45) is 9.59. The molecule has 3 aromatic heterocycles. The van der Waals surface area contributed by atoms with Crippen molar-refractivity contribution in [1.82, 2.24) is 30.0 Å². The van der Waals surface area contributed by atoms with Crippen molar-refractivity contribution in [1.29, 1.82) is 0 Å². The average Bonchev–Trinajstić information content (AvgIpc) is 3.59. The molecule has 2 saturated carbocycles. The van der Waals surface area contributed by atoms with E-state index in [1.165, 1.54) is 12.8 Å². The van der Waals surface area contributed by atoms with Gasteiger partial charge in [0.25, 0.3) is 11.8 Å². The summed E-state index contributed by atoms with van der Waals surface area (Å²) in [4.78, 5) is 25.1. The Morgan fingerprint density at radius 1 is 1.27 bits per heavy atom. The second-order valence-electron chi connectivity index (χ2n) is 6.95. The van der Waals surface area contributed by atoms with Gasteiger partial charge in [0.2, 0.25) is 0 Å². The molecule has 3 heterocycles. The molecule has 0 spiro atoms. The van der Waals surface area contributed by atoms with Crippen molar-refractivity contribution >= 4 is 5.91 Å². The Morgan fingerprint density at radius 3 is 2.96 bits per heavy atom. The number of imidazole rings is 1. The minimum atomic E-state index is -0.155. The van der Waals surface area contributed by atoms with Crippen LogP contribution >= 0.6 is 0 Å². The first-order valence-electron chi connectivity index (χ1n) is 8.89. The van der Waals surface area contributed by atoms with Gasteiger partial charge in [-0.05, 0) is 43.7 Å². The number of rotatable bonds is 6. The van der Waals surface area contributed by atoms with Gasteiger partial charge in [-0.25, -0.2) is 9.97 Å². The van der Waals surface area contributed by atoms with Crippen molar-refractivity contribution < 1.29 is 9.32 Å². The summed E-state index contributed by atoms with van der Waals surface area (Å²) < 4.78 is 7.08. The predicted molar refractivity (Wildman–Crippen MR) is 91.7 cm³/mol. The smallest absolute Gasteiger partial charge is 0.271 e. The summed E-state index contributed by atoms with van der Waals surface area (Å²) in [7, 11) is 0. The highest BCUT2D eigenvalue weighted by molar-refractivity contribution is 5.92. The lowest BCUT2D eigenvalue weighted by Crippen LogP contribution is -2.25. The molecule has 3 aromatic rings. The number of nitrogens with zero attached hydrogens (tertiary/aromatic N) is 5. The standard InChI is InChI=1S/C18H18N6O2/c25-17(20-8-11-1-2-11)14-9-24(10-21-14)15-7-13(5-6-19-15)18-22-16(23-26-18)12-3-4-12/h5-7,9-12H,1-4,8H2,(H,20,25). The van der Waals surface area contributed by atoms with Crippen LogP contribution < -0.4 is 5.32 Å². The molecule has 2 fully saturated rings. The van der Waals surface area contributed by atoms with Crippen LogP contribution in [0, 0.1) is 5.92 Å². The van der Waals surface area contributed by atoms with E-state index in [1.807, 2.05) is 12.1 Å². The molecule has 2 aliphatic carbocycles. The number of carbonyl (C=O) groups excluding carboxylic acids is 1. The number of nitrogens with one attached hydrogen (secondary N) is 1. The zero-order valence-corrected chi connectivity index (χ0v) is 14.1. The Labute approximate surface area is 149 Å². The van der Waals surface area contributed by atoms with Crippen LogP contribution in [0.2, 0.25) is 0 Å². The van der Waals surface area contributed by atoms with Gasteiger partial charge in [0.1, 0.15) is 17.8 Å². The lowest BCUT2D eigenvalue weighted by molar-refractivity contribution is 0.0947. The van der Waals surface area contributed by atoms with Gasteiger partial charge in [-0.2, -0.15) is 4.98 Å². The zero-order valence-electron chi connectivity index (χ0n) is 14.1. The Bertz CT molecular complexity index is 954. The number of hydrogen-bond acceptors (Lipinski definition) is 6. The van der Waals surface area contributed by atoms with Gasteiger partial charge in [-0.1, -0.05) is 5.16 Å². The molecule has 1 amide bonds. The molecule has 0 aliphatic heterocycles. The summed E-state index contributed by atoms with van der Waals surface area (Å²) in [5.41, 5.74) is 1.18. The zero-order chi connectivity index (χ0) is 17.5. The lowest BCUT2D eigenvalue weighted by Gasteiger charge is -2.02. The molecule has 8 nitrogen and oxygen atoms in total. The van der Waals surface area contributed by atoms with Crippen molar-refractivity contribution in [3.8, 4) is 17.3 Å². The lowest BCUT2D eigenvalue weighted by atomic mass is 10.2. The third kappa shape index (κ3) is 3.10. The quantitative estimate of drug-likeness (QED) is 0.732. The first-order chi connectivity index (χ1) is 12.8. The molecule has 0 atom stereocenters. The summed E-state index contributed by atoms with van der Waals surface area (Å²) >= 11 is 0. The van der Waals surface area contributed by atoms with Gasteiger partial charge >= 0.3 is 0 Å². The van der Waals surface area contributed by atoms with Crippen molar-refractivity contribution in [2.45, 2.75) is 31.6 Å². The second kappa shape index (κ2) is 6.05. The number of pyridine rings is 1. The van der Waals surface area contributed by atoms with Gasteiger partial charge in [-0.3, -0.25) is 9.36 Å². The van der Waals surface area contributed by atoms with Crippen LogP contribution in [-0.4, -0.2) is 37.1 Å². The maximum atomic E-state index is 12.1. The van der Waals surface area contributed by atoms with Crippen LogP contribution in [0.25, 0.3) is 17.3 Å². The molecule has 0 saturated heterocycles. The molecule has 0 unspecified atom stereocenters. The van der Waals surface area contributed by atoms with E-state index in [0.29, 0.717) is 29.2 Å². The van der Waals surface area contributed by atoms with Crippen LogP contribution in [0.5, 0.6) is 0 Å². The SMILES string of the molecule is O=C(NCC1CC1)c1cn(-c2cc(-c3nc(C4CC4)no3)ccn2)cn1. The highest BCUT2D eigenvalue weighted by Gasteiger charge is 2.29. The largest absolute Gasteiger partial charge is 0.350 e. The second-order valence-corrected chi connectivity index (χ2v) is 6.95. The van der Waals surface area contributed by atoms with Crippen LogP contribution in [0.1, 0.15) is 47.9 Å². The molecule has 132 valence electrons. The van der Waals surface area contributed by atoms with Gasteiger partial charge < -0.3 is 9.84 Å². The van der Waals surface area contributed by atoms with E-state index in [4.69, 9.17) is 4.52 Å². The van der Waals surface area contributed by atoms with Crippen LogP contribution in [0.3, 0.4) is 0 Å². The number of carbonyl (C=O) groups is 1. The summed E-state index contributed by atoms with van der Waals surface area (Å²) in [5.74, 6) is 2.82. The summed E-state index contributed by atoms with van der Waals surface area (Å²) in [6.45, 7) is 0.722. The van der Waals surface area contributed by atoms with Crippen molar-refractivity contribution in [3.05, 3.63) is 42.4 Å². The molecule has 2 aliphatic rings. The minimum absolute atomic E-state index is 0.155. The van der Waals surface area contributed by atoms with Gasteiger partial charge in [-0.15, -0.1) is 0 Å². The van der Waals surface area contributed by atoms with E-state index in [-0.39, 0.29) is 5.91 Å². The number of hydrogen-bond donors (Lipinski definition) is 1. The fraction of sp³-hybridized carbons (Fsp3) is 0.389. The van der Waals surface area contributed by atoms with Gasteiger partial charge in [0.15, 0.2) is 5.82 Å². The van der Waals surface area contributed by atoms with Crippen molar-refractivity contribution in [3.63, 3.8) is 0 Å². The van der Waals surface area contributed by atoms with E-state index < -0.39 is 0 Å². The maximum absolute atomic E-state index is 12.1. The number of amides is 1. The Morgan fingerprint density at radius 2 is 2.15 bits per heavy atom. The summed E-state index contributed by atoms with van der Waals surface area (Å²) in [6, 6.07) is 3.67. The molecule has 5 rings (SSSR count). The molecular weight excluding hydrogens is 332 g/mol. The van der Waals surface area contributed by atoms with Crippen LogP contribution in [0.15, 0.2) is 35.4 Å². The number of aromatic nitrogens is 5. The Hall–Kier alpha value is -3.03. The first kappa shape index (κ1) is 15.2. The molecule has 26 heavy (non-hydrogen) atoms. The van der Waals surface area contributed by atoms with E-state index >= 15 is 0 Å². The van der Waals surface area contributed by atoms with Gasteiger partial charge in [0.05, 0.1) is 0 Å². The summed E-state index contributed by atoms with van der Waals surface area (Å²) in [5, 5.41) is 6.96. The normalized spacial score (nSPS) is 16.6. The molecule has 0 aromatic carbocycles. The van der Waals surface area contributed by atoms with Crippen LogP contribution in [-0.2, 0) is 0 Å². The van der Waals surface area contributed by atoms with Crippen molar-refractivity contribution in [2.75, 3.05) is 6.54 Å². The van der Waals surface area contributed by atoms with Crippen molar-refractivity contribution in [2.24, 2.45) is 5.92 Å². The minimum Gasteiger partial charge on any atom is -0.350 e. The Balaban J connectivity index is 1.35. The fourth-order valence-corrected chi connectivity index (χ4v) is 2.77. The third-order valence-corrected chi connectivity index (χ3v) is 4.70. The third-order valence-electron chi connectivity index (χ3n) is 4.70. The Kier molecular flexibility index (Phi) is 3.55. The molecule has 0 radical (unpaired) electrons. The molecule has 0 bridgehead atoms. The van der Waals surface area contributed by atoms with E-state index in [2.05, 4.69) is 25.4 Å². The molecular formula is C18H18N6O2. The monoisotopic (exact) mass is 350 g/mol. The highest BCUT2D eigenvalue weighted by Crippen LogP contribution is 2.38. The average molecular weight is 350 g/mol. The highest BCUT2D eigenvalue weighted by atomic mass is 16.5. The van der Waals surface area contributed by atoms with E-state index in [0.717, 1.165) is 30.8 Å². The van der Waals surface area contributed by atoms with Gasteiger partial charge in [0, 0.05) is 30.4 Å². The van der Waals surface area contributed by atoms with Crippen LogP contribution in [0.4, 0.5) is 0 Å². The van der Waals surface area contributed by atoms with E-state index in [9.17, 15) is 4.79 Å².